The van der Waals surface area contributed by atoms with Gasteiger partial charge in [0.2, 0.25) is 11.8 Å². The molecule has 10 rings (SSSR count). The summed E-state index contributed by atoms with van der Waals surface area (Å²) in [6.45, 7) is 4.12. The molecule has 4 saturated heterocycles. The minimum Gasteiger partial charge on any atom is -0.457 e. The maximum atomic E-state index is 16.4. The van der Waals surface area contributed by atoms with Gasteiger partial charge in [-0.05, 0) is 80.3 Å². The summed E-state index contributed by atoms with van der Waals surface area (Å²) in [5.74, 6) is -0.655. The standard InChI is InChI=1S/C43H43FN10O6/c44-33-23-50(19-16-34(33)53-39-37(38(45)46-24-47-39)52(43(53)59)26-6-9-30(10-7-26)60-29-4-2-1-3-5-29)25-14-17-49(18-15-25)28-21-51(22-28)27-8-11-31-32(20-27)42(58)54(41(31)57)35-12-13-36(55)48-40(35)56/h1-11,20,24-25,28,33-35H,12-19,21-23H2,(H2,45,46,47)(H,48,55,56)/t33-,34-,35-/m1/s1. The largest absolute Gasteiger partial charge is 0.457 e. The molecule has 0 unspecified atom stereocenters. The second-order valence-electron chi connectivity index (χ2n) is 16.2. The number of benzene rings is 3. The number of ether oxygens (including phenoxy) is 1. The minimum atomic E-state index is -1.31. The second-order valence-corrected chi connectivity index (χ2v) is 16.2. The first kappa shape index (κ1) is 37.8. The number of nitrogens with zero attached hydrogens (tertiary/aromatic N) is 8. The van der Waals surface area contributed by atoms with Crippen molar-refractivity contribution in [2.45, 2.75) is 62.4 Å². The number of imide groups is 2. The van der Waals surface area contributed by atoms with Gasteiger partial charge < -0.3 is 15.4 Å². The molecule has 17 heteroatoms. The highest BCUT2D eigenvalue weighted by Gasteiger charge is 2.46. The third kappa shape index (κ3) is 6.48. The van der Waals surface area contributed by atoms with Crippen LogP contribution in [0.2, 0.25) is 0 Å². The molecule has 3 atom stereocenters. The molecule has 5 aliphatic heterocycles. The number of rotatable bonds is 8. The maximum absolute atomic E-state index is 16.4. The molecule has 5 aromatic rings. The third-order valence-corrected chi connectivity index (χ3v) is 12.8. The Balaban J connectivity index is 0.758. The molecule has 0 spiro atoms. The molecule has 5 aliphatic rings. The summed E-state index contributed by atoms with van der Waals surface area (Å²) in [5, 5.41) is 2.23. The van der Waals surface area contributed by atoms with Crippen LogP contribution in [0.25, 0.3) is 16.9 Å². The van der Waals surface area contributed by atoms with Gasteiger partial charge in [-0.15, -0.1) is 0 Å². The normalized spacial score (nSPS) is 23.2. The van der Waals surface area contributed by atoms with Gasteiger partial charge in [-0.2, -0.15) is 0 Å². The van der Waals surface area contributed by atoms with Gasteiger partial charge in [-0.25, -0.2) is 19.2 Å². The van der Waals surface area contributed by atoms with Gasteiger partial charge in [0.25, 0.3) is 11.8 Å². The summed E-state index contributed by atoms with van der Waals surface area (Å²) in [6, 6.07) is 20.5. The number of aromatic nitrogens is 4. The fourth-order valence-electron chi connectivity index (χ4n) is 9.60. The molecule has 16 nitrogen and oxygen atoms in total. The van der Waals surface area contributed by atoms with Crippen molar-refractivity contribution < 1.29 is 28.3 Å². The first-order valence-corrected chi connectivity index (χ1v) is 20.4. The highest BCUT2D eigenvalue weighted by molar-refractivity contribution is 6.23. The summed E-state index contributed by atoms with van der Waals surface area (Å²) >= 11 is 0. The smallest absolute Gasteiger partial charge is 0.335 e. The van der Waals surface area contributed by atoms with Crippen molar-refractivity contribution in [2.75, 3.05) is 49.9 Å². The van der Waals surface area contributed by atoms with Crippen molar-refractivity contribution in [1.82, 2.24) is 39.1 Å². The van der Waals surface area contributed by atoms with Gasteiger partial charge in [-0.3, -0.25) is 48.3 Å². The fourth-order valence-corrected chi connectivity index (χ4v) is 9.60. The Morgan fingerprint density at radius 1 is 0.733 bits per heavy atom. The van der Waals surface area contributed by atoms with Crippen LogP contribution in [-0.2, 0) is 9.59 Å². The number of alkyl halides is 1. The summed E-state index contributed by atoms with van der Waals surface area (Å²) in [6.07, 6.45) is 2.41. The van der Waals surface area contributed by atoms with Gasteiger partial charge in [0.1, 0.15) is 35.6 Å². The van der Waals surface area contributed by atoms with Gasteiger partial charge in [0.15, 0.2) is 11.5 Å². The Kier molecular flexibility index (Phi) is 9.43. The molecule has 0 bridgehead atoms. The lowest BCUT2D eigenvalue weighted by Gasteiger charge is -2.50. The van der Waals surface area contributed by atoms with Crippen molar-refractivity contribution in [2.24, 2.45) is 0 Å². The average Bonchev–Trinajstić information content (AvgIpc) is 3.67. The minimum absolute atomic E-state index is 0.0718. The number of nitrogens with two attached hydrogens (primary N) is 1. The van der Waals surface area contributed by atoms with E-state index in [9.17, 15) is 24.0 Å². The number of fused-ring (bicyclic) bond motifs is 2. The van der Waals surface area contributed by atoms with Crippen molar-refractivity contribution in [3.63, 3.8) is 0 Å². The van der Waals surface area contributed by atoms with E-state index in [1.54, 1.807) is 36.4 Å². The van der Waals surface area contributed by atoms with E-state index in [0.717, 1.165) is 49.6 Å². The van der Waals surface area contributed by atoms with Crippen LogP contribution in [0.4, 0.5) is 15.9 Å². The van der Waals surface area contributed by atoms with Gasteiger partial charge in [-0.1, -0.05) is 18.2 Å². The lowest BCUT2D eigenvalue weighted by molar-refractivity contribution is -0.136. The number of hydrogen-bond acceptors (Lipinski definition) is 12. The van der Waals surface area contributed by atoms with E-state index in [2.05, 4.69) is 30.0 Å². The van der Waals surface area contributed by atoms with E-state index in [1.807, 2.05) is 36.4 Å². The summed E-state index contributed by atoms with van der Waals surface area (Å²) < 4.78 is 25.2. The monoisotopic (exact) mass is 814 g/mol. The first-order valence-electron chi connectivity index (χ1n) is 20.4. The van der Waals surface area contributed by atoms with E-state index in [-0.39, 0.29) is 42.4 Å². The van der Waals surface area contributed by atoms with Crippen LogP contribution in [0, 0.1) is 0 Å². The van der Waals surface area contributed by atoms with Crippen molar-refractivity contribution in [3.8, 4) is 17.2 Å². The van der Waals surface area contributed by atoms with E-state index >= 15 is 4.39 Å². The second kappa shape index (κ2) is 15.0. The van der Waals surface area contributed by atoms with Crippen molar-refractivity contribution in [1.29, 1.82) is 0 Å². The molecule has 4 amide bonds. The number of piperidine rings is 3. The van der Waals surface area contributed by atoms with Crippen LogP contribution in [0.3, 0.4) is 0 Å². The predicted molar refractivity (Wildman–Crippen MR) is 218 cm³/mol. The molecule has 0 radical (unpaired) electrons. The average molecular weight is 815 g/mol. The Bertz CT molecular complexity index is 2580. The number of imidazole rings is 1. The van der Waals surface area contributed by atoms with Crippen molar-refractivity contribution in [3.05, 3.63) is 101 Å². The maximum Gasteiger partial charge on any atom is 0.335 e. The topological polar surface area (TPSA) is 181 Å². The predicted octanol–water partition coefficient (Wildman–Crippen LogP) is 3.30. The number of anilines is 2. The summed E-state index contributed by atoms with van der Waals surface area (Å²) in [7, 11) is 0. The number of nitrogen functional groups attached to an aromatic ring is 1. The Morgan fingerprint density at radius 2 is 1.43 bits per heavy atom. The van der Waals surface area contributed by atoms with Crippen LogP contribution in [0.1, 0.15) is 58.9 Å². The van der Waals surface area contributed by atoms with E-state index in [0.29, 0.717) is 47.4 Å². The van der Waals surface area contributed by atoms with Crippen LogP contribution < -0.4 is 26.4 Å². The number of likely N-dealkylation sites (tertiary alicyclic amines) is 2. The highest BCUT2D eigenvalue weighted by Crippen LogP contribution is 2.36. The highest BCUT2D eigenvalue weighted by atomic mass is 19.1. The lowest BCUT2D eigenvalue weighted by Crippen LogP contribution is -2.62. The third-order valence-electron chi connectivity index (χ3n) is 12.8. The zero-order valence-corrected chi connectivity index (χ0v) is 32.7. The summed E-state index contributed by atoms with van der Waals surface area (Å²) in [4.78, 5) is 81.2. The number of carbonyl (C=O) groups is 4. The zero-order valence-electron chi connectivity index (χ0n) is 32.7. The number of nitrogens with one attached hydrogen (secondary N) is 1. The molecule has 308 valence electrons. The molecule has 60 heavy (non-hydrogen) atoms. The van der Waals surface area contributed by atoms with Crippen LogP contribution in [-0.4, -0.2) is 121 Å². The molecular formula is C43H43FN10O6. The molecule has 3 aromatic carbocycles. The van der Waals surface area contributed by atoms with E-state index < -0.39 is 47.6 Å². The van der Waals surface area contributed by atoms with Crippen LogP contribution >= 0.6 is 0 Å². The first-order chi connectivity index (χ1) is 29.1. The Hall–Kier alpha value is -6.46. The number of para-hydroxylation sites is 1. The van der Waals surface area contributed by atoms with Crippen LogP contribution in [0.5, 0.6) is 11.5 Å². The quantitative estimate of drug-likeness (QED) is 0.219. The molecule has 0 saturated carbocycles. The number of amides is 4. The number of halogens is 1. The van der Waals surface area contributed by atoms with Crippen molar-refractivity contribution >= 4 is 46.3 Å². The molecular weight excluding hydrogens is 772 g/mol. The molecule has 0 aliphatic carbocycles. The summed E-state index contributed by atoms with van der Waals surface area (Å²) in [5.41, 5.74) is 8.47. The molecule has 2 aromatic heterocycles. The fraction of sp³-hybridized carbons (Fsp3) is 0.372. The zero-order chi connectivity index (χ0) is 41.2. The lowest BCUT2D eigenvalue weighted by atomic mass is 9.94. The molecule has 4 fully saturated rings. The van der Waals surface area contributed by atoms with Gasteiger partial charge >= 0.3 is 5.69 Å². The molecule has 3 N–H and O–H groups in total. The Morgan fingerprint density at radius 3 is 2.17 bits per heavy atom. The van der Waals surface area contributed by atoms with Gasteiger partial charge in [0, 0.05) is 63.5 Å². The molecule has 7 heterocycles. The Labute approximate surface area is 343 Å². The van der Waals surface area contributed by atoms with Crippen LogP contribution in [0.15, 0.2) is 83.9 Å². The number of carbonyl (C=O) groups excluding carboxylic acids is 4. The number of hydrogen-bond donors (Lipinski definition) is 2. The van der Waals surface area contributed by atoms with Gasteiger partial charge in [0.05, 0.1) is 22.9 Å². The SMILES string of the molecule is Nc1ncnc2c1n(-c1ccc(Oc3ccccc3)cc1)c(=O)n2[C@@H]1CCN(C2CCN(C3CN(c4ccc5c(c4)C(=O)N([C@@H]4CCC(=O)NC4=O)C5=O)C3)CC2)C[C@H]1F. The van der Waals surface area contributed by atoms with E-state index in [1.165, 1.54) is 15.5 Å². The van der Waals surface area contributed by atoms with E-state index in [4.69, 9.17) is 10.5 Å².